The number of benzene rings is 2. The zero-order chi connectivity index (χ0) is 21.6. The van der Waals surface area contributed by atoms with E-state index in [0.717, 1.165) is 16.8 Å². The van der Waals surface area contributed by atoms with Crippen molar-refractivity contribution in [2.45, 2.75) is 39.3 Å². The van der Waals surface area contributed by atoms with Crippen molar-refractivity contribution >= 4 is 5.91 Å². The summed E-state index contributed by atoms with van der Waals surface area (Å²) in [5.41, 5.74) is 2.87. The molecule has 0 radical (unpaired) electrons. The van der Waals surface area contributed by atoms with Crippen LogP contribution in [0.4, 0.5) is 0 Å². The molecule has 2 heterocycles. The highest BCUT2D eigenvalue weighted by Gasteiger charge is 2.20. The molecule has 0 aliphatic heterocycles. The monoisotopic (exact) mass is 415 g/mol. The van der Waals surface area contributed by atoms with Crippen LogP contribution in [0.1, 0.15) is 31.7 Å². The second-order valence-corrected chi connectivity index (χ2v) is 7.61. The van der Waals surface area contributed by atoms with Gasteiger partial charge in [-0.3, -0.25) is 4.79 Å². The summed E-state index contributed by atoms with van der Waals surface area (Å²) in [7, 11) is 0. The number of amides is 1. The molecule has 0 N–H and O–H groups in total. The van der Waals surface area contributed by atoms with Gasteiger partial charge in [0.1, 0.15) is 0 Å². The molecule has 2 aromatic carbocycles. The fourth-order valence-electron chi connectivity index (χ4n) is 3.33. The molecular weight excluding hydrogens is 390 g/mol. The van der Waals surface area contributed by atoms with Gasteiger partial charge in [-0.1, -0.05) is 36.4 Å². The van der Waals surface area contributed by atoms with Gasteiger partial charge in [0.2, 0.25) is 17.7 Å². The van der Waals surface area contributed by atoms with Gasteiger partial charge in [-0.25, -0.2) is 4.68 Å². The summed E-state index contributed by atoms with van der Waals surface area (Å²) in [5.74, 6) is 0.930. The van der Waals surface area contributed by atoms with Crippen molar-refractivity contribution < 1.29 is 9.21 Å². The Bertz CT molecular complexity index is 1120. The van der Waals surface area contributed by atoms with Gasteiger partial charge >= 0.3 is 0 Å². The van der Waals surface area contributed by atoms with E-state index in [1.807, 2.05) is 91.6 Å². The number of aromatic nitrogens is 4. The fourth-order valence-corrected chi connectivity index (χ4v) is 3.33. The van der Waals surface area contributed by atoms with Gasteiger partial charge in [0.15, 0.2) is 0 Å². The standard InChI is InChI=1S/C24H25N5O2/c1-18(2)28(17-22-26-27-24(31-22)20-9-5-3-6-10-20)23(30)14-13-19-15-25-29(16-19)21-11-7-4-8-12-21/h3-12,15-16,18H,13-14,17H2,1-2H3. The second-order valence-electron chi connectivity index (χ2n) is 7.61. The number of rotatable bonds is 8. The van der Waals surface area contributed by atoms with Crippen LogP contribution >= 0.6 is 0 Å². The Hall–Kier alpha value is -3.74. The first-order valence-electron chi connectivity index (χ1n) is 10.4. The molecule has 4 rings (SSSR count). The van der Waals surface area contributed by atoms with Crippen LogP contribution in [0.25, 0.3) is 17.1 Å². The molecule has 0 spiro atoms. The average Bonchev–Trinajstić information content (AvgIpc) is 3.47. The molecule has 0 atom stereocenters. The third kappa shape index (κ3) is 5.06. The van der Waals surface area contributed by atoms with Crippen LogP contribution in [-0.4, -0.2) is 36.8 Å². The Balaban J connectivity index is 1.38. The predicted molar refractivity (Wildman–Crippen MR) is 117 cm³/mol. The smallest absolute Gasteiger partial charge is 0.247 e. The molecule has 0 fully saturated rings. The fraction of sp³-hybridized carbons (Fsp3) is 0.250. The van der Waals surface area contributed by atoms with Crippen molar-refractivity contribution in [3.63, 3.8) is 0 Å². The molecule has 2 aromatic heterocycles. The molecule has 7 nitrogen and oxygen atoms in total. The van der Waals surface area contributed by atoms with Crippen molar-refractivity contribution in [1.82, 2.24) is 24.9 Å². The lowest BCUT2D eigenvalue weighted by atomic mass is 10.1. The minimum atomic E-state index is 0.0200. The van der Waals surface area contributed by atoms with E-state index in [-0.39, 0.29) is 11.9 Å². The van der Waals surface area contributed by atoms with E-state index in [0.29, 0.717) is 31.2 Å². The van der Waals surface area contributed by atoms with Crippen LogP contribution in [0.5, 0.6) is 0 Å². The summed E-state index contributed by atoms with van der Waals surface area (Å²) >= 11 is 0. The normalized spacial score (nSPS) is 11.1. The highest BCUT2D eigenvalue weighted by atomic mass is 16.4. The molecule has 158 valence electrons. The van der Waals surface area contributed by atoms with Crippen molar-refractivity contribution in [3.05, 3.63) is 84.5 Å². The van der Waals surface area contributed by atoms with E-state index >= 15 is 0 Å². The molecule has 0 aliphatic rings. The van der Waals surface area contributed by atoms with E-state index in [4.69, 9.17) is 4.42 Å². The van der Waals surface area contributed by atoms with Gasteiger partial charge in [0.05, 0.1) is 18.4 Å². The summed E-state index contributed by atoms with van der Waals surface area (Å²) in [4.78, 5) is 14.7. The van der Waals surface area contributed by atoms with Crippen molar-refractivity contribution in [2.75, 3.05) is 0 Å². The lowest BCUT2D eigenvalue weighted by molar-refractivity contribution is -0.133. The summed E-state index contributed by atoms with van der Waals surface area (Å²) in [5, 5.41) is 12.6. The number of carbonyl (C=O) groups is 1. The van der Waals surface area contributed by atoms with Crippen molar-refractivity contribution in [2.24, 2.45) is 0 Å². The maximum Gasteiger partial charge on any atom is 0.247 e. The number of hydrogen-bond donors (Lipinski definition) is 0. The molecule has 0 bridgehead atoms. The summed E-state index contributed by atoms with van der Waals surface area (Å²) in [6.07, 6.45) is 4.78. The quantitative estimate of drug-likeness (QED) is 0.429. The van der Waals surface area contributed by atoms with Crippen molar-refractivity contribution in [3.8, 4) is 17.1 Å². The van der Waals surface area contributed by atoms with Crippen LogP contribution in [0, 0.1) is 0 Å². The lowest BCUT2D eigenvalue weighted by Crippen LogP contribution is -2.36. The number of nitrogens with zero attached hydrogens (tertiary/aromatic N) is 5. The van der Waals surface area contributed by atoms with Crippen LogP contribution in [0.15, 0.2) is 77.5 Å². The highest BCUT2D eigenvalue weighted by molar-refractivity contribution is 5.76. The van der Waals surface area contributed by atoms with Crippen LogP contribution < -0.4 is 0 Å². The molecule has 0 saturated heterocycles. The van der Waals surface area contributed by atoms with Gasteiger partial charge in [0, 0.05) is 24.2 Å². The Morgan fingerprint density at radius 2 is 1.74 bits per heavy atom. The topological polar surface area (TPSA) is 77.1 Å². The largest absolute Gasteiger partial charge is 0.419 e. The second kappa shape index (κ2) is 9.38. The van der Waals surface area contributed by atoms with Crippen LogP contribution in [0.2, 0.25) is 0 Å². The summed E-state index contributed by atoms with van der Waals surface area (Å²) in [6.45, 7) is 4.26. The minimum absolute atomic E-state index is 0.0200. The third-order valence-corrected chi connectivity index (χ3v) is 5.02. The first kappa shape index (κ1) is 20.5. The number of aryl methyl sites for hydroxylation is 1. The molecule has 1 amide bonds. The summed E-state index contributed by atoms with van der Waals surface area (Å²) < 4.78 is 7.61. The van der Waals surface area contributed by atoms with Gasteiger partial charge in [-0.15, -0.1) is 10.2 Å². The Kier molecular flexibility index (Phi) is 6.21. The molecule has 4 aromatic rings. The first-order valence-corrected chi connectivity index (χ1v) is 10.4. The minimum Gasteiger partial charge on any atom is -0.419 e. The van der Waals surface area contributed by atoms with E-state index in [2.05, 4.69) is 15.3 Å². The highest BCUT2D eigenvalue weighted by Crippen LogP contribution is 2.19. The predicted octanol–water partition coefficient (Wildman–Crippen LogP) is 4.29. The maximum absolute atomic E-state index is 12.9. The molecular formula is C24H25N5O2. The van der Waals surface area contributed by atoms with Gasteiger partial charge in [0.25, 0.3) is 0 Å². The van der Waals surface area contributed by atoms with E-state index in [9.17, 15) is 4.79 Å². The Morgan fingerprint density at radius 1 is 1.03 bits per heavy atom. The number of carbonyl (C=O) groups excluding carboxylic acids is 1. The lowest BCUT2D eigenvalue weighted by Gasteiger charge is -2.25. The first-order chi connectivity index (χ1) is 15.1. The SMILES string of the molecule is CC(C)N(Cc1nnc(-c2ccccc2)o1)C(=O)CCc1cnn(-c2ccccc2)c1. The molecule has 7 heteroatoms. The van der Waals surface area contributed by atoms with E-state index in [1.165, 1.54) is 0 Å². The Morgan fingerprint density at radius 3 is 2.45 bits per heavy atom. The molecule has 0 unspecified atom stereocenters. The third-order valence-electron chi connectivity index (χ3n) is 5.02. The van der Waals surface area contributed by atoms with E-state index < -0.39 is 0 Å². The van der Waals surface area contributed by atoms with Crippen LogP contribution in [0.3, 0.4) is 0 Å². The van der Waals surface area contributed by atoms with Crippen molar-refractivity contribution in [1.29, 1.82) is 0 Å². The molecule has 31 heavy (non-hydrogen) atoms. The van der Waals surface area contributed by atoms with Gasteiger partial charge < -0.3 is 9.32 Å². The molecule has 0 saturated carbocycles. The van der Waals surface area contributed by atoms with Crippen LogP contribution in [-0.2, 0) is 17.8 Å². The van der Waals surface area contributed by atoms with Gasteiger partial charge in [-0.05, 0) is 50.1 Å². The average molecular weight is 415 g/mol. The molecule has 0 aliphatic carbocycles. The number of hydrogen-bond acceptors (Lipinski definition) is 5. The van der Waals surface area contributed by atoms with E-state index in [1.54, 1.807) is 4.90 Å². The maximum atomic E-state index is 12.9. The number of para-hydroxylation sites is 1. The summed E-state index contributed by atoms with van der Waals surface area (Å²) in [6, 6.07) is 19.5. The zero-order valence-corrected chi connectivity index (χ0v) is 17.7. The van der Waals surface area contributed by atoms with Gasteiger partial charge in [-0.2, -0.15) is 5.10 Å². The zero-order valence-electron chi connectivity index (χ0n) is 17.7. The Labute approximate surface area is 181 Å².